The molecule has 0 aliphatic heterocycles. The molecule has 2 aromatic rings. The van der Waals surface area contributed by atoms with E-state index >= 15 is 0 Å². The van der Waals surface area contributed by atoms with Gasteiger partial charge in [-0.1, -0.05) is 11.6 Å². The van der Waals surface area contributed by atoms with Crippen molar-refractivity contribution in [3.8, 4) is 0 Å². The quantitative estimate of drug-likeness (QED) is 0.312. The van der Waals surface area contributed by atoms with Crippen LogP contribution in [0.25, 0.3) is 0 Å². The van der Waals surface area contributed by atoms with Gasteiger partial charge in [0.05, 0.1) is 12.8 Å². The summed E-state index contributed by atoms with van der Waals surface area (Å²) in [6.45, 7) is 1.29. The van der Waals surface area contributed by atoms with Gasteiger partial charge >= 0.3 is 0 Å². The zero-order valence-corrected chi connectivity index (χ0v) is 16.4. The molecule has 26 heavy (non-hydrogen) atoms. The van der Waals surface area contributed by atoms with Crippen LogP contribution in [0.3, 0.4) is 0 Å². The minimum absolute atomic E-state index is 0.0559. The van der Waals surface area contributed by atoms with Crippen molar-refractivity contribution in [2.24, 2.45) is 4.99 Å². The molecule has 0 saturated heterocycles. The molecular weight excluding hydrogens is 372 g/mol. The molecule has 0 unspecified atom stereocenters. The third-order valence-corrected chi connectivity index (χ3v) is 4.62. The van der Waals surface area contributed by atoms with Crippen LogP contribution >= 0.6 is 23.4 Å². The number of hydrogen-bond acceptors (Lipinski definition) is 4. The number of amides is 1. The van der Waals surface area contributed by atoms with Gasteiger partial charge in [-0.3, -0.25) is 4.79 Å². The molecule has 140 valence electrons. The van der Waals surface area contributed by atoms with Crippen molar-refractivity contribution in [1.82, 2.24) is 15.5 Å². The zero-order valence-electron chi connectivity index (χ0n) is 14.9. The molecule has 1 aromatic heterocycles. The first-order valence-electron chi connectivity index (χ1n) is 8.17. The first-order chi connectivity index (χ1) is 12.5. The predicted molar refractivity (Wildman–Crippen MR) is 107 cm³/mol. The molecule has 8 heteroatoms. The number of rotatable bonds is 8. The fraction of sp³-hybridized carbons (Fsp3) is 0.333. The largest absolute Gasteiger partial charge is 0.467 e. The van der Waals surface area contributed by atoms with Gasteiger partial charge in [0, 0.05) is 36.3 Å². The highest BCUT2D eigenvalue weighted by Gasteiger charge is 2.05. The number of halogens is 1. The molecule has 1 heterocycles. The number of nitrogens with zero attached hydrogens (tertiary/aromatic N) is 2. The second-order valence-corrected chi connectivity index (χ2v) is 7.22. The van der Waals surface area contributed by atoms with E-state index in [9.17, 15) is 4.79 Å². The summed E-state index contributed by atoms with van der Waals surface area (Å²) in [6.07, 6.45) is 1.62. The van der Waals surface area contributed by atoms with Crippen LogP contribution in [-0.4, -0.2) is 49.7 Å². The van der Waals surface area contributed by atoms with Crippen LogP contribution in [0.2, 0.25) is 5.02 Å². The lowest BCUT2D eigenvalue weighted by Gasteiger charge is -2.13. The number of hydrogen-bond donors (Lipinski definition) is 2. The number of nitrogens with one attached hydrogen (secondary N) is 2. The molecule has 2 N–H and O–H groups in total. The van der Waals surface area contributed by atoms with E-state index in [-0.39, 0.29) is 12.5 Å². The first-order valence-corrected chi connectivity index (χ1v) is 9.54. The van der Waals surface area contributed by atoms with Crippen molar-refractivity contribution in [3.63, 3.8) is 0 Å². The summed E-state index contributed by atoms with van der Waals surface area (Å²) >= 11 is 7.61. The van der Waals surface area contributed by atoms with Crippen LogP contribution < -0.4 is 10.6 Å². The van der Waals surface area contributed by atoms with Gasteiger partial charge in [0.1, 0.15) is 12.3 Å². The van der Waals surface area contributed by atoms with Gasteiger partial charge in [0.25, 0.3) is 0 Å². The Kier molecular flexibility index (Phi) is 8.37. The van der Waals surface area contributed by atoms with Crippen molar-refractivity contribution in [3.05, 3.63) is 53.4 Å². The Morgan fingerprint density at radius 3 is 2.65 bits per heavy atom. The first kappa shape index (κ1) is 20.2. The van der Waals surface area contributed by atoms with Gasteiger partial charge in [-0.15, -0.1) is 11.8 Å². The number of furan rings is 1. The molecule has 0 atom stereocenters. The van der Waals surface area contributed by atoms with E-state index in [0.717, 1.165) is 21.4 Å². The Hall–Kier alpha value is -2.12. The minimum atomic E-state index is -0.0559. The van der Waals surface area contributed by atoms with Crippen molar-refractivity contribution in [2.75, 3.05) is 32.9 Å². The third-order valence-electron chi connectivity index (χ3n) is 3.36. The maximum Gasteiger partial charge on any atom is 0.243 e. The van der Waals surface area contributed by atoms with E-state index in [1.165, 1.54) is 4.90 Å². The van der Waals surface area contributed by atoms with E-state index in [4.69, 9.17) is 16.0 Å². The molecule has 1 amide bonds. The fourth-order valence-electron chi connectivity index (χ4n) is 1.92. The Morgan fingerprint density at radius 2 is 2.00 bits per heavy atom. The number of benzene rings is 1. The van der Waals surface area contributed by atoms with Crippen molar-refractivity contribution < 1.29 is 9.21 Å². The van der Waals surface area contributed by atoms with E-state index in [0.29, 0.717) is 19.0 Å². The molecular formula is C18H23ClN4O2S. The Morgan fingerprint density at radius 1 is 1.23 bits per heavy atom. The standard InChI is InChI=1S/C18H23ClN4O2S/c1-23(2)17(24)13-22-18(21-12-15-4-3-10-25-15)20-9-11-26-16-7-5-14(19)6-8-16/h3-8,10H,9,11-13H2,1-2H3,(H2,20,21,22). The highest BCUT2D eigenvalue weighted by Crippen LogP contribution is 2.19. The maximum absolute atomic E-state index is 11.8. The summed E-state index contributed by atoms with van der Waals surface area (Å²) in [5.41, 5.74) is 0. The van der Waals surface area contributed by atoms with Gasteiger partial charge in [0.15, 0.2) is 5.96 Å². The summed E-state index contributed by atoms with van der Waals surface area (Å²) in [7, 11) is 3.42. The second-order valence-electron chi connectivity index (χ2n) is 5.62. The number of guanidine groups is 1. The monoisotopic (exact) mass is 394 g/mol. The second kappa shape index (κ2) is 10.8. The lowest BCUT2D eigenvalue weighted by atomic mass is 10.4. The molecule has 0 aliphatic rings. The summed E-state index contributed by atoms with van der Waals surface area (Å²) in [4.78, 5) is 18.8. The molecule has 0 radical (unpaired) electrons. The number of likely N-dealkylation sites (N-methyl/N-ethyl adjacent to an activating group) is 1. The average Bonchev–Trinajstić information content (AvgIpc) is 3.15. The molecule has 1 aromatic carbocycles. The molecule has 0 bridgehead atoms. The highest BCUT2D eigenvalue weighted by molar-refractivity contribution is 7.99. The number of carbonyl (C=O) groups is 1. The van der Waals surface area contributed by atoms with E-state index in [1.807, 2.05) is 36.4 Å². The van der Waals surface area contributed by atoms with Gasteiger partial charge in [-0.25, -0.2) is 4.99 Å². The summed E-state index contributed by atoms with van der Waals surface area (Å²) in [6, 6.07) is 11.5. The highest BCUT2D eigenvalue weighted by atomic mass is 35.5. The number of thioether (sulfide) groups is 1. The van der Waals surface area contributed by atoms with E-state index in [2.05, 4.69) is 15.6 Å². The Bertz CT molecular complexity index is 702. The summed E-state index contributed by atoms with van der Waals surface area (Å²) in [5.74, 6) is 2.17. The molecule has 0 spiro atoms. The van der Waals surface area contributed by atoms with Crippen molar-refractivity contribution in [2.45, 2.75) is 11.4 Å². The van der Waals surface area contributed by atoms with Gasteiger partial charge in [-0.05, 0) is 36.4 Å². The molecule has 0 aliphatic carbocycles. The zero-order chi connectivity index (χ0) is 18.8. The minimum Gasteiger partial charge on any atom is -0.467 e. The third kappa shape index (κ3) is 7.41. The lowest BCUT2D eigenvalue weighted by Crippen LogP contribution is -2.39. The van der Waals surface area contributed by atoms with Gasteiger partial charge in [0.2, 0.25) is 5.91 Å². The normalized spacial score (nSPS) is 11.3. The number of carbonyl (C=O) groups excluding carboxylic acids is 1. The van der Waals surface area contributed by atoms with E-state index in [1.54, 1.807) is 32.1 Å². The van der Waals surface area contributed by atoms with Crippen LogP contribution in [0, 0.1) is 0 Å². The summed E-state index contributed by atoms with van der Waals surface area (Å²) in [5, 5.41) is 7.14. The molecule has 0 fully saturated rings. The average molecular weight is 395 g/mol. The molecule has 0 saturated carbocycles. The summed E-state index contributed by atoms with van der Waals surface area (Å²) < 4.78 is 5.31. The topological polar surface area (TPSA) is 69.9 Å². The van der Waals surface area contributed by atoms with Crippen LogP contribution in [-0.2, 0) is 11.3 Å². The lowest BCUT2D eigenvalue weighted by molar-refractivity contribution is -0.127. The molecule has 6 nitrogen and oxygen atoms in total. The Balaban J connectivity index is 1.82. The van der Waals surface area contributed by atoms with Crippen LogP contribution in [0.15, 0.2) is 57.0 Å². The van der Waals surface area contributed by atoms with Crippen molar-refractivity contribution in [1.29, 1.82) is 0 Å². The Labute approximate surface area is 163 Å². The fourth-order valence-corrected chi connectivity index (χ4v) is 2.81. The maximum atomic E-state index is 11.8. The van der Waals surface area contributed by atoms with Gasteiger partial charge < -0.3 is 20.0 Å². The van der Waals surface area contributed by atoms with Crippen LogP contribution in [0.5, 0.6) is 0 Å². The predicted octanol–water partition coefficient (Wildman–Crippen LogP) is 2.85. The van der Waals surface area contributed by atoms with E-state index < -0.39 is 0 Å². The molecule has 2 rings (SSSR count). The smallest absolute Gasteiger partial charge is 0.243 e. The number of aliphatic imine (C=N–C) groups is 1. The van der Waals surface area contributed by atoms with Crippen LogP contribution in [0.1, 0.15) is 5.76 Å². The SMILES string of the molecule is CN(C)C(=O)CN=C(NCCSc1ccc(Cl)cc1)NCc1ccco1. The van der Waals surface area contributed by atoms with Gasteiger partial charge in [-0.2, -0.15) is 0 Å². The van der Waals surface area contributed by atoms with Crippen molar-refractivity contribution >= 4 is 35.2 Å². The van der Waals surface area contributed by atoms with Crippen LogP contribution in [0.4, 0.5) is 0 Å².